The Balaban J connectivity index is 1.39. The number of benzene rings is 1. The van der Waals surface area contributed by atoms with Crippen molar-refractivity contribution in [3.63, 3.8) is 0 Å². The summed E-state index contributed by atoms with van der Waals surface area (Å²) in [5.74, 6) is -0.540. The van der Waals surface area contributed by atoms with Gasteiger partial charge in [-0.05, 0) is 36.8 Å². The molecule has 0 saturated heterocycles. The minimum Gasteiger partial charge on any atom is -0.458 e. The van der Waals surface area contributed by atoms with Gasteiger partial charge in [-0.1, -0.05) is 19.1 Å². The quantitative estimate of drug-likeness (QED) is 0.234. The highest BCUT2D eigenvalue weighted by molar-refractivity contribution is 7.71. The van der Waals surface area contributed by atoms with Crippen molar-refractivity contribution in [3.05, 3.63) is 68.3 Å². The summed E-state index contributed by atoms with van der Waals surface area (Å²) < 4.78 is 8.91. The van der Waals surface area contributed by atoms with E-state index in [1.165, 1.54) is 0 Å². The number of nitrogens with zero attached hydrogens (tertiary/aromatic N) is 5. The Bertz CT molecular complexity index is 1960. The summed E-state index contributed by atoms with van der Waals surface area (Å²) in [5.41, 5.74) is 9.11. The second-order valence-electron chi connectivity index (χ2n) is 9.22. The third-order valence-corrected chi connectivity index (χ3v) is 7.49. The number of nitrogens with one attached hydrogen (secondary N) is 1. The second-order valence-corrected chi connectivity index (χ2v) is 9.60. The van der Waals surface area contributed by atoms with Crippen LogP contribution >= 0.6 is 12.2 Å². The SMILES string of the molecule is CC[C@@]1(O)C(=O)OCc2c1cc1n(c2=O)Cc2cc3cc(-n4cnc5c(=S)nc(N)[nH]c54)ccc3nc2-1. The van der Waals surface area contributed by atoms with E-state index in [1.807, 2.05) is 28.8 Å². The fourth-order valence-electron chi connectivity index (χ4n) is 5.25. The number of imidazole rings is 1. The molecule has 0 bridgehead atoms. The maximum Gasteiger partial charge on any atom is 0.343 e. The van der Waals surface area contributed by atoms with E-state index in [2.05, 4.69) is 15.0 Å². The minimum absolute atomic E-state index is 0.0948. The van der Waals surface area contributed by atoms with Gasteiger partial charge >= 0.3 is 5.97 Å². The Morgan fingerprint density at radius 2 is 2.08 bits per heavy atom. The lowest BCUT2D eigenvalue weighted by Crippen LogP contribution is -2.44. The molecule has 2 aliphatic rings. The number of H-pyrrole nitrogens is 1. The molecule has 0 amide bonds. The zero-order valence-corrected chi connectivity index (χ0v) is 20.3. The lowest BCUT2D eigenvalue weighted by Gasteiger charge is -2.31. The fraction of sp³-hybridized carbons (Fsp3) is 0.200. The van der Waals surface area contributed by atoms with E-state index in [9.17, 15) is 14.7 Å². The van der Waals surface area contributed by atoms with Crippen molar-refractivity contribution in [2.75, 3.05) is 5.73 Å². The minimum atomic E-state index is -1.86. The van der Waals surface area contributed by atoms with Gasteiger partial charge < -0.3 is 25.1 Å². The first kappa shape index (κ1) is 21.8. The zero-order chi connectivity index (χ0) is 25.6. The van der Waals surface area contributed by atoms with Crippen LogP contribution in [0.2, 0.25) is 0 Å². The first-order valence-corrected chi connectivity index (χ1v) is 12.0. The molecule has 2 aliphatic heterocycles. The maximum atomic E-state index is 13.4. The number of pyridine rings is 2. The monoisotopic (exact) mass is 513 g/mol. The summed E-state index contributed by atoms with van der Waals surface area (Å²) in [6, 6.07) is 9.46. The molecular formula is C25H19N7O4S. The summed E-state index contributed by atoms with van der Waals surface area (Å²) in [6.45, 7) is 1.85. The number of hydrogen-bond donors (Lipinski definition) is 3. The molecule has 0 saturated carbocycles. The van der Waals surface area contributed by atoms with Gasteiger partial charge in [0.25, 0.3) is 5.56 Å². The smallest absolute Gasteiger partial charge is 0.343 e. The van der Waals surface area contributed by atoms with Crippen molar-refractivity contribution < 1.29 is 14.6 Å². The molecule has 12 heteroatoms. The van der Waals surface area contributed by atoms with Crippen LogP contribution in [0.4, 0.5) is 5.95 Å². The van der Waals surface area contributed by atoms with Crippen molar-refractivity contribution in [2.24, 2.45) is 0 Å². The van der Waals surface area contributed by atoms with E-state index >= 15 is 0 Å². The summed E-state index contributed by atoms with van der Waals surface area (Å²) >= 11 is 5.28. The van der Waals surface area contributed by atoms with Gasteiger partial charge in [-0.25, -0.2) is 19.7 Å². The number of hydrogen-bond acceptors (Lipinski definition) is 9. The molecule has 6 heterocycles. The summed E-state index contributed by atoms with van der Waals surface area (Å²) in [5, 5.41) is 11.9. The molecule has 0 spiro atoms. The number of anilines is 1. The van der Waals surface area contributed by atoms with Gasteiger partial charge in [-0.3, -0.25) is 9.36 Å². The number of rotatable bonds is 2. The number of aliphatic hydroxyl groups is 1. The summed E-state index contributed by atoms with van der Waals surface area (Å²) in [4.78, 5) is 42.0. The average Bonchev–Trinajstić information content (AvgIpc) is 3.46. The van der Waals surface area contributed by atoms with Gasteiger partial charge in [0.1, 0.15) is 24.1 Å². The lowest BCUT2D eigenvalue weighted by molar-refractivity contribution is -0.172. The molecule has 4 N–H and O–H groups in total. The van der Waals surface area contributed by atoms with E-state index in [4.69, 9.17) is 27.7 Å². The van der Waals surface area contributed by atoms with Crippen LogP contribution in [-0.2, 0) is 28.3 Å². The molecule has 0 aliphatic carbocycles. The van der Waals surface area contributed by atoms with Crippen LogP contribution < -0.4 is 11.3 Å². The molecule has 5 aromatic rings. The van der Waals surface area contributed by atoms with Crippen LogP contribution in [-0.4, -0.2) is 40.1 Å². The lowest BCUT2D eigenvalue weighted by atomic mass is 9.86. The van der Waals surface area contributed by atoms with Crippen LogP contribution in [0.3, 0.4) is 0 Å². The number of carbonyl (C=O) groups excluding carboxylic acids is 1. The number of aromatic amines is 1. The molecule has 0 unspecified atom stereocenters. The Kier molecular flexibility index (Phi) is 4.31. The third-order valence-electron chi connectivity index (χ3n) is 7.21. The van der Waals surface area contributed by atoms with Gasteiger partial charge in [0.2, 0.25) is 0 Å². The standard InChI is InChI=1S/C25H19N7O4S/c1-2-25(35)15-7-17-18-12(8-31(17)22(33)14(15)9-36-23(25)34)5-11-6-13(3-4-16(11)28-18)32-10-27-19-20(32)29-24(26)30-21(19)37/h3-7,10,35H,2,8-9H2,1H3,(H3,26,29,30,37)/t25-/m0/s1. The second kappa shape index (κ2) is 7.31. The van der Waals surface area contributed by atoms with E-state index in [-0.39, 0.29) is 24.5 Å². The first-order chi connectivity index (χ1) is 17.8. The van der Waals surface area contributed by atoms with Gasteiger partial charge in [0.15, 0.2) is 16.2 Å². The van der Waals surface area contributed by atoms with Crippen LogP contribution in [0.1, 0.15) is 30.0 Å². The van der Waals surface area contributed by atoms with Crippen LogP contribution in [0, 0.1) is 4.64 Å². The molecule has 37 heavy (non-hydrogen) atoms. The van der Waals surface area contributed by atoms with Crippen molar-refractivity contribution in [1.82, 2.24) is 29.1 Å². The number of cyclic esters (lactones) is 1. The Hall–Kier alpha value is -4.42. The van der Waals surface area contributed by atoms with Crippen LogP contribution in [0.25, 0.3) is 39.1 Å². The highest BCUT2D eigenvalue weighted by Crippen LogP contribution is 2.38. The molecule has 4 aromatic heterocycles. The molecule has 11 nitrogen and oxygen atoms in total. The number of aromatic nitrogens is 6. The highest BCUT2D eigenvalue weighted by Gasteiger charge is 2.45. The number of ether oxygens (including phenoxy) is 1. The number of esters is 1. The fourth-order valence-corrected chi connectivity index (χ4v) is 5.50. The molecule has 0 fully saturated rings. The Morgan fingerprint density at radius 3 is 2.89 bits per heavy atom. The Labute approximate surface area is 213 Å². The zero-order valence-electron chi connectivity index (χ0n) is 19.5. The van der Waals surface area contributed by atoms with E-state index in [0.29, 0.717) is 44.9 Å². The largest absolute Gasteiger partial charge is 0.458 e. The van der Waals surface area contributed by atoms with Crippen LogP contribution in [0.5, 0.6) is 0 Å². The number of nitrogen functional groups attached to an aromatic ring is 1. The molecule has 7 rings (SSSR count). The average molecular weight is 514 g/mol. The van der Waals surface area contributed by atoms with E-state index in [1.54, 1.807) is 23.9 Å². The van der Waals surface area contributed by atoms with E-state index in [0.717, 1.165) is 22.2 Å². The topological polar surface area (TPSA) is 154 Å². The number of fused-ring (bicyclic) bond motifs is 6. The first-order valence-electron chi connectivity index (χ1n) is 11.6. The molecular weight excluding hydrogens is 494 g/mol. The molecule has 184 valence electrons. The Morgan fingerprint density at radius 1 is 1.24 bits per heavy atom. The van der Waals surface area contributed by atoms with Crippen molar-refractivity contribution >= 4 is 46.2 Å². The highest BCUT2D eigenvalue weighted by atomic mass is 32.1. The summed E-state index contributed by atoms with van der Waals surface area (Å²) in [7, 11) is 0. The normalized spacial score (nSPS) is 18.1. The van der Waals surface area contributed by atoms with Crippen molar-refractivity contribution in [2.45, 2.75) is 32.1 Å². The maximum absolute atomic E-state index is 13.4. The summed E-state index contributed by atoms with van der Waals surface area (Å²) in [6.07, 6.45) is 1.75. The van der Waals surface area contributed by atoms with Crippen LogP contribution in [0.15, 0.2) is 41.5 Å². The van der Waals surface area contributed by atoms with Crippen molar-refractivity contribution in [3.8, 4) is 17.1 Å². The predicted octanol–water partition coefficient (Wildman–Crippen LogP) is 2.45. The number of carbonyl (C=O) groups is 1. The molecule has 1 aromatic carbocycles. The van der Waals surface area contributed by atoms with Crippen molar-refractivity contribution in [1.29, 1.82) is 0 Å². The van der Waals surface area contributed by atoms with Gasteiger partial charge in [0, 0.05) is 22.2 Å². The molecule has 1 atom stereocenters. The van der Waals surface area contributed by atoms with Gasteiger partial charge in [0.05, 0.1) is 29.0 Å². The number of nitrogens with two attached hydrogens (primary N) is 1. The van der Waals surface area contributed by atoms with Gasteiger partial charge in [-0.2, -0.15) is 0 Å². The van der Waals surface area contributed by atoms with Gasteiger partial charge in [-0.15, -0.1) is 0 Å². The molecule has 0 radical (unpaired) electrons. The third kappa shape index (κ3) is 2.90. The van der Waals surface area contributed by atoms with E-state index < -0.39 is 11.6 Å². The predicted molar refractivity (Wildman–Crippen MR) is 137 cm³/mol.